The highest BCUT2D eigenvalue weighted by molar-refractivity contribution is 7.99. The quantitative estimate of drug-likeness (QED) is 0.170. The number of rotatable bonds is 10. The standard InChI is InChI=1S/C28H31ClN4O4S/c1-2-3-4-13-33-27(37)22-10-7-20(26(36)32-14-11-19(12-15-32)25(30)35)16-23(22)31-28(33)38-17-24(34)18-5-8-21(29)9-6-18/h5-10,16,19H,2-4,11-15,17H2,1H3,(H2,30,35). The monoisotopic (exact) mass is 554 g/mol. The van der Waals surface area contributed by atoms with Crippen molar-refractivity contribution < 1.29 is 14.4 Å². The number of fused-ring (bicyclic) bond motifs is 1. The summed E-state index contributed by atoms with van der Waals surface area (Å²) >= 11 is 7.15. The Kier molecular flexibility index (Phi) is 9.22. The fraction of sp³-hybridized carbons (Fsp3) is 0.393. The molecule has 0 bridgehead atoms. The minimum Gasteiger partial charge on any atom is -0.369 e. The minimum atomic E-state index is -0.332. The molecular weight excluding hydrogens is 524 g/mol. The first kappa shape index (κ1) is 27.9. The molecule has 8 nitrogen and oxygen atoms in total. The highest BCUT2D eigenvalue weighted by atomic mass is 35.5. The summed E-state index contributed by atoms with van der Waals surface area (Å²) in [6.45, 7) is 3.50. The number of benzene rings is 2. The summed E-state index contributed by atoms with van der Waals surface area (Å²) in [5, 5.41) is 1.43. The van der Waals surface area contributed by atoms with Gasteiger partial charge < -0.3 is 10.6 Å². The van der Waals surface area contributed by atoms with Gasteiger partial charge in [-0.3, -0.25) is 23.7 Å². The zero-order chi connectivity index (χ0) is 27.2. The Bertz CT molecular complexity index is 1400. The van der Waals surface area contributed by atoms with Crippen LogP contribution in [0.3, 0.4) is 0 Å². The second kappa shape index (κ2) is 12.6. The summed E-state index contributed by atoms with van der Waals surface area (Å²) in [4.78, 5) is 57.3. The lowest BCUT2D eigenvalue weighted by atomic mass is 9.96. The SMILES string of the molecule is CCCCCn1c(SCC(=O)c2ccc(Cl)cc2)nc2cc(C(=O)N3CCC(C(N)=O)CC3)ccc2c1=O. The summed E-state index contributed by atoms with van der Waals surface area (Å²) < 4.78 is 1.63. The zero-order valence-electron chi connectivity index (χ0n) is 21.3. The fourth-order valence-electron chi connectivity index (χ4n) is 4.56. The molecule has 2 N–H and O–H groups in total. The maximum Gasteiger partial charge on any atom is 0.262 e. The van der Waals surface area contributed by atoms with Gasteiger partial charge >= 0.3 is 0 Å². The Morgan fingerprint density at radius 3 is 2.39 bits per heavy atom. The fourth-order valence-corrected chi connectivity index (χ4v) is 5.61. The number of primary amides is 1. The van der Waals surface area contributed by atoms with Crippen molar-refractivity contribution in [1.29, 1.82) is 0 Å². The van der Waals surface area contributed by atoms with Crippen LogP contribution in [0, 0.1) is 5.92 Å². The lowest BCUT2D eigenvalue weighted by Gasteiger charge is -2.30. The molecule has 1 saturated heterocycles. The molecule has 4 rings (SSSR count). The van der Waals surface area contributed by atoms with Gasteiger partial charge in [0.25, 0.3) is 11.5 Å². The van der Waals surface area contributed by atoms with E-state index >= 15 is 0 Å². The van der Waals surface area contributed by atoms with Crippen molar-refractivity contribution in [1.82, 2.24) is 14.5 Å². The molecule has 0 atom stereocenters. The highest BCUT2D eigenvalue weighted by Crippen LogP contribution is 2.23. The number of hydrogen-bond acceptors (Lipinski definition) is 6. The van der Waals surface area contributed by atoms with Crippen molar-refractivity contribution in [2.75, 3.05) is 18.8 Å². The van der Waals surface area contributed by atoms with Crippen molar-refractivity contribution in [2.24, 2.45) is 11.7 Å². The lowest BCUT2D eigenvalue weighted by molar-refractivity contribution is -0.123. The number of halogens is 1. The van der Waals surface area contributed by atoms with E-state index in [1.807, 2.05) is 0 Å². The molecule has 38 heavy (non-hydrogen) atoms. The second-order valence-electron chi connectivity index (χ2n) is 9.48. The van der Waals surface area contributed by atoms with Gasteiger partial charge in [0.1, 0.15) is 0 Å². The number of carbonyl (C=O) groups excluding carboxylic acids is 3. The molecule has 1 aromatic heterocycles. The number of thioether (sulfide) groups is 1. The van der Waals surface area contributed by atoms with Crippen molar-refractivity contribution in [3.8, 4) is 0 Å². The molecule has 2 aromatic carbocycles. The highest BCUT2D eigenvalue weighted by Gasteiger charge is 2.27. The van der Waals surface area contributed by atoms with Crippen LogP contribution in [0.5, 0.6) is 0 Å². The van der Waals surface area contributed by atoms with Gasteiger partial charge in [-0.25, -0.2) is 4.98 Å². The average molecular weight is 555 g/mol. The van der Waals surface area contributed by atoms with E-state index < -0.39 is 0 Å². The summed E-state index contributed by atoms with van der Waals surface area (Å²) in [7, 11) is 0. The Balaban J connectivity index is 1.60. The van der Waals surface area contributed by atoms with Gasteiger partial charge in [0.2, 0.25) is 5.91 Å². The van der Waals surface area contributed by atoms with E-state index in [2.05, 4.69) is 6.92 Å². The molecule has 0 aliphatic carbocycles. The Morgan fingerprint density at radius 2 is 1.74 bits per heavy atom. The van der Waals surface area contributed by atoms with Crippen LogP contribution in [0.4, 0.5) is 0 Å². The van der Waals surface area contributed by atoms with E-state index in [0.29, 0.717) is 64.7 Å². The molecule has 10 heteroatoms. The molecule has 1 fully saturated rings. The number of piperidine rings is 1. The number of likely N-dealkylation sites (tertiary alicyclic amines) is 1. The normalized spacial score (nSPS) is 14.1. The molecule has 1 aliphatic rings. The van der Waals surface area contributed by atoms with Crippen molar-refractivity contribution in [2.45, 2.75) is 50.7 Å². The van der Waals surface area contributed by atoms with Gasteiger partial charge in [-0.05, 0) is 61.7 Å². The Hall–Kier alpha value is -3.17. The van der Waals surface area contributed by atoms with Gasteiger partial charge in [-0.2, -0.15) is 0 Å². The number of aromatic nitrogens is 2. The number of Topliss-reactive ketones (excluding diaryl/α,β-unsaturated/α-hetero) is 1. The average Bonchev–Trinajstić information content (AvgIpc) is 2.93. The predicted octanol–water partition coefficient (Wildman–Crippen LogP) is 4.55. The topological polar surface area (TPSA) is 115 Å². The molecule has 0 unspecified atom stereocenters. The Labute approximate surface area is 230 Å². The second-order valence-corrected chi connectivity index (χ2v) is 10.9. The number of unbranched alkanes of at least 4 members (excludes halogenated alkanes) is 2. The largest absolute Gasteiger partial charge is 0.369 e. The number of hydrogen-bond donors (Lipinski definition) is 1. The van der Waals surface area contributed by atoms with E-state index in [4.69, 9.17) is 22.3 Å². The zero-order valence-corrected chi connectivity index (χ0v) is 22.9. The molecule has 0 radical (unpaired) electrons. The minimum absolute atomic E-state index is 0.0931. The lowest BCUT2D eigenvalue weighted by Crippen LogP contribution is -2.41. The van der Waals surface area contributed by atoms with Crippen LogP contribution in [0.2, 0.25) is 5.02 Å². The van der Waals surface area contributed by atoms with E-state index in [-0.39, 0.29) is 34.8 Å². The summed E-state index contributed by atoms with van der Waals surface area (Å²) in [6.07, 6.45) is 3.88. The molecule has 200 valence electrons. The van der Waals surface area contributed by atoms with Gasteiger partial charge in [0, 0.05) is 41.7 Å². The third kappa shape index (κ3) is 6.45. The molecular formula is C28H31ClN4O4S. The van der Waals surface area contributed by atoms with E-state index in [9.17, 15) is 19.2 Å². The van der Waals surface area contributed by atoms with Crippen LogP contribution >= 0.6 is 23.4 Å². The maximum atomic E-state index is 13.4. The maximum absolute atomic E-state index is 13.4. The molecule has 1 aliphatic heterocycles. The van der Waals surface area contributed by atoms with Gasteiger partial charge in [-0.1, -0.05) is 43.1 Å². The van der Waals surface area contributed by atoms with Crippen LogP contribution in [0.1, 0.15) is 59.7 Å². The molecule has 3 aromatic rings. The Morgan fingerprint density at radius 1 is 1.05 bits per heavy atom. The number of carbonyl (C=O) groups is 3. The van der Waals surface area contributed by atoms with Crippen LogP contribution in [-0.2, 0) is 11.3 Å². The number of nitrogens with two attached hydrogens (primary N) is 1. The first-order valence-electron chi connectivity index (χ1n) is 12.8. The van der Waals surface area contributed by atoms with Crippen LogP contribution in [0.15, 0.2) is 52.4 Å². The summed E-state index contributed by atoms with van der Waals surface area (Å²) in [5.74, 6) is -0.693. The third-order valence-corrected chi connectivity index (χ3v) is 8.06. The number of ketones is 1. The molecule has 0 spiro atoms. The molecule has 0 saturated carbocycles. The molecule has 2 amide bonds. The van der Waals surface area contributed by atoms with E-state index in [0.717, 1.165) is 19.3 Å². The predicted molar refractivity (Wildman–Crippen MR) is 150 cm³/mol. The first-order chi connectivity index (χ1) is 18.3. The summed E-state index contributed by atoms with van der Waals surface area (Å²) in [6, 6.07) is 11.6. The van der Waals surface area contributed by atoms with E-state index in [1.165, 1.54) is 11.8 Å². The van der Waals surface area contributed by atoms with E-state index in [1.54, 1.807) is 51.9 Å². The summed E-state index contributed by atoms with van der Waals surface area (Å²) in [5.41, 5.74) is 6.61. The first-order valence-corrected chi connectivity index (χ1v) is 14.2. The van der Waals surface area contributed by atoms with Crippen LogP contribution < -0.4 is 11.3 Å². The van der Waals surface area contributed by atoms with Gasteiger partial charge in [0.15, 0.2) is 10.9 Å². The van der Waals surface area contributed by atoms with Crippen LogP contribution in [0.25, 0.3) is 10.9 Å². The molecule has 2 heterocycles. The van der Waals surface area contributed by atoms with Crippen molar-refractivity contribution in [3.05, 3.63) is 69.0 Å². The number of amides is 2. The van der Waals surface area contributed by atoms with Gasteiger partial charge in [-0.15, -0.1) is 0 Å². The third-order valence-electron chi connectivity index (χ3n) is 6.84. The smallest absolute Gasteiger partial charge is 0.262 e. The van der Waals surface area contributed by atoms with Crippen molar-refractivity contribution >= 4 is 51.9 Å². The van der Waals surface area contributed by atoms with Crippen molar-refractivity contribution in [3.63, 3.8) is 0 Å². The number of nitrogens with zero attached hydrogens (tertiary/aromatic N) is 3. The van der Waals surface area contributed by atoms with Crippen LogP contribution in [-0.4, -0.2) is 50.9 Å². The van der Waals surface area contributed by atoms with Gasteiger partial charge in [0.05, 0.1) is 16.7 Å².